The molecular weight excluding hydrogens is 482 g/mol. The third kappa shape index (κ3) is 2.90. The molecule has 6 rings (SSSR count). The van der Waals surface area contributed by atoms with Gasteiger partial charge in [-0.15, -0.1) is 0 Å². The first-order valence-corrected chi connectivity index (χ1v) is 12.0. The molecule has 0 aromatic heterocycles. The Morgan fingerprint density at radius 1 is 0.861 bits per heavy atom. The zero-order valence-corrected chi connectivity index (χ0v) is 19.9. The van der Waals surface area contributed by atoms with E-state index in [1.165, 1.54) is 0 Å². The maximum absolute atomic E-state index is 14.0. The van der Waals surface area contributed by atoms with Crippen molar-refractivity contribution in [3.05, 3.63) is 94.5 Å². The first-order valence-electron chi connectivity index (χ1n) is 11.6. The number of anilines is 1. The SMILES string of the molecule is CCOc1ccccc1N1C(=O)[C@@H]2[C@@H](c3ccc(Cl)cc3)OC3(C(=O)c4ccccc4C3=O)[C@H]2C1=O. The second-order valence-corrected chi connectivity index (χ2v) is 9.38. The molecule has 36 heavy (non-hydrogen) atoms. The fraction of sp³-hybridized carbons (Fsp3) is 0.214. The molecule has 0 radical (unpaired) electrons. The second kappa shape index (κ2) is 8.11. The number of nitrogens with zero attached hydrogens (tertiary/aromatic N) is 1. The summed E-state index contributed by atoms with van der Waals surface area (Å²) in [6.45, 7) is 2.12. The molecular formula is C28H20ClNO6. The van der Waals surface area contributed by atoms with Gasteiger partial charge in [0.25, 0.3) is 0 Å². The number of halogens is 1. The maximum Gasteiger partial charge on any atom is 0.241 e. The normalized spacial score (nSPS) is 23.9. The standard InChI is InChI=1S/C28H20ClNO6/c1-2-35-20-10-6-5-9-19(20)30-26(33)21-22(27(30)34)28(36-23(21)15-11-13-16(29)14-12-15)24(31)17-7-3-4-8-18(17)25(28)32/h3-14,21-23H,2H2,1H3/t21-,22+,23+/m0/s1. The number of rotatable bonds is 4. The van der Waals surface area contributed by atoms with Crippen molar-refractivity contribution in [2.75, 3.05) is 11.5 Å². The molecule has 1 spiro atoms. The molecule has 3 aromatic carbocycles. The molecule has 0 N–H and O–H groups in total. The van der Waals surface area contributed by atoms with Crippen LogP contribution in [0.2, 0.25) is 5.02 Å². The Morgan fingerprint density at radius 3 is 2.11 bits per heavy atom. The van der Waals surface area contributed by atoms with Crippen LogP contribution in [0.15, 0.2) is 72.8 Å². The molecule has 0 bridgehead atoms. The third-order valence-corrected chi connectivity index (χ3v) is 7.38. The number of carbonyl (C=O) groups excluding carboxylic acids is 4. The van der Waals surface area contributed by atoms with Gasteiger partial charge in [-0.3, -0.25) is 19.2 Å². The zero-order valence-electron chi connectivity index (χ0n) is 19.1. The lowest BCUT2D eigenvalue weighted by Crippen LogP contribution is -2.51. The van der Waals surface area contributed by atoms with Crippen molar-refractivity contribution >= 4 is 40.7 Å². The zero-order chi connectivity index (χ0) is 25.2. The van der Waals surface area contributed by atoms with E-state index in [1.54, 1.807) is 79.7 Å². The smallest absolute Gasteiger partial charge is 0.241 e. The van der Waals surface area contributed by atoms with Gasteiger partial charge in [-0.05, 0) is 36.8 Å². The molecule has 8 heteroatoms. The van der Waals surface area contributed by atoms with Gasteiger partial charge in [0.05, 0.1) is 30.2 Å². The molecule has 2 fully saturated rings. The second-order valence-electron chi connectivity index (χ2n) is 8.95. The number of carbonyl (C=O) groups is 4. The molecule has 7 nitrogen and oxygen atoms in total. The third-order valence-electron chi connectivity index (χ3n) is 7.12. The summed E-state index contributed by atoms with van der Waals surface area (Å²) < 4.78 is 11.9. The van der Waals surface area contributed by atoms with Gasteiger partial charge in [-0.2, -0.15) is 0 Å². The van der Waals surface area contributed by atoms with Gasteiger partial charge in [0.15, 0.2) is 0 Å². The number of hydrogen-bond donors (Lipinski definition) is 0. The first kappa shape index (κ1) is 22.6. The predicted octanol–water partition coefficient (Wildman–Crippen LogP) is 4.43. The quantitative estimate of drug-likeness (QED) is 0.388. The lowest BCUT2D eigenvalue weighted by molar-refractivity contribution is -0.127. The van der Waals surface area contributed by atoms with Gasteiger partial charge in [-0.1, -0.05) is 60.1 Å². The number of ether oxygens (including phenoxy) is 2. The van der Waals surface area contributed by atoms with Crippen molar-refractivity contribution in [2.24, 2.45) is 11.8 Å². The van der Waals surface area contributed by atoms with E-state index in [0.717, 1.165) is 4.90 Å². The number of para-hydroxylation sites is 2. The molecule has 0 saturated carbocycles. The van der Waals surface area contributed by atoms with Gasteiger partial charge < -0.3 is 9.47 Å². The highest BCUT2D eigenvalue weighted by atomic mass is 35.5. The molecule has 3 aliphatic rings. The highest BCUT2D eigenvalue weighted by molar-refractivity contribution is 6.37. The summed E-state index contributed by atoms with van der Waals surface area (Å²) in [5.41, 5.74) is -0.938. The van der Waals surface area contributed by atoms with E-state index in [2.05, 4.69) is 0 Å². The Hall–Kier alpha value is -3.81. The fourth-order valence-corrected chi connectivity index (χ4v) is 5.75. The van der Waals surface area contributed by atoms with Crippen molar-refractivity contribution < 1.29 is 28.7 Å². The van der Waals surface area contributed by atoms with Crippen molar-refractivity contribution in [3.8, 4) is 5.75 Å². The van der Waals surface area contributed by atoms with Crippen molar-refractivity contribution in [1.29, 1.82) is 0 Å². The van der Waals surface area contributed by atoms with Crippen molar-refractivity contribution in [2.45, 2.75) is 18.6 Å². The highest BCUT2D eigenvalue weighted by Crippen LogP contribution is 2.58. The monoisotopic (exact) mass is 501 g/mol. The fourth-order valence-electron chi connectivity index (χ4n) is 5.63. The van der Waals surface area contributed by atoms with Gasteiger partial charge in [0, 0.05) is 16.1 Å². The number of hydrogen-bond acceptors (Lipinski definition) is 6. The lowest BCUT2D eigenvalue weighted by Gasteiger charge is -2.27. The van der Waals surface area contributed by atoms with Crippen molar-refractivity contribution in [3.63, 3.8) is 0 Å². The number of amides is 2. The van der Waals surface area contributed by atoms with E-state index < -0.39 is 46.9 Å². The van der Waals surface area contributed by atoms with Gasteiger partial charge in [-0.25, -0.2) is 4.90 Å². The van der Waals surface area contributed by atoms with Crippen LogP contribution in [0.1, 0.15) is 39.3 Å². The van der Waals surface area contributed by atoms with Crippen LogP contribution in [0.3, 0.4) is 0 Å². The summed E-state index contributed by atoms with van der Waals surface area (Å²) in [5, 5.41) is 0.476. The van der Waals surface area contributed by atoms with Crippen LogP contribution in [0.25, 0.3) is 0 Å². The predicted molar refractivity (Wildman–Crippen MR) is 130 cm³/mol. The van der Waals surface area contributed by atoms with E-state index in [-0.39, 0.29) is 16.8 Å². The molecule has 2 aliphatic heterocycles. The van der Waals surface area contributed by atoms with Gasteiger partial charge in [0.2, 0.25) is 29.0 Å². The first-order chi connectivity index (χ1) is 17.4. The number of imide groups is 1. The Bertz CT molecular complexity index is 1410. The minimum atomic E-state index is -2.12. The van der Waals surface area contributed by atoms with Crippen LogP contribution in [0.5, 0.6) is 5.75 Å². The average Bonchev–Trinajstić information content (AvgIpc) is 3.45. The van der Waals surface area contributed by atoms with E-state index in [4.69, 9.17) is 21.1 Å². The van der Waals surface area contributed by atoms with Crippen LogP contribution in [0, 0.1) is 11.8 Å². The number of ketones is 2. The summed E-state index contributed by atoms with van der Waals surface area (Å²) in [5.74, 6) is -4.48. The Kier molecular flexibility index (Phi) is 5.10. The number of benzene rings is 3. The van der Waals surface area contributed by atoms with E-state index in [1.807, 2.05) is 0 Å². The topological polar surface area (TPSA) is 90.0 Å². The summed E-state index contributed by atoms with van der Waals surface area (Å²) in [7, 11) is 0. The lowest BCUT2D eigenvalue weighted by atomic mass is 9.77. The Labute approximate surface area is 211 Å². The molecule has 1 aliphatic carbocycles. The van der Waals surface area contributed by atoms with Gasteiger partial charge in [0.1, 0.15) is 5.75 Å². The molecule has 2 heterocycles. The minimum absolute atomic E-state index is 0.187. The Balaban J connectivity index is 1.54. The largest absolute Gasteiger partial charge is 0.492 e. The molecule has 2 amide bonds. The summed E-state index contributed by atoms with van der Waals surface area (Å²) >= 11 is 6.07. The average molecular weight is 502 g/mol. The Morgan fingerprint density at radius 2 is 1.47 bits per heavy atom. The van der Waals surface area contributed by atoms with Crippen molar-refractivity contribution in [1.82, 2.24) is 0 Å². The summed E-state index contributed by atoms with van der Waals surface area (Å²) in [6, 6.07) is 19.7. The van der Waals surface area contributed by atoms with E-state index in [9.17, 15) is 19.2 Å². The number of Topliss-reactive ketones (excluding diaryl/α,β-unsaturated/α-hetero) is 2. The van der Waals surface area contributed by atoms with Crippen LogP contribution in [-0.2, 0) is 14.3 Å². The minimum Gasteiger partial charge on any atom is -0.492 e. The molecule has 3 aromatic rings. The van der Waals surface area contributed by atoms with Gasteiger partial charge >= 0.3 is 0 Å². The van der Waals surface area contributed by atoms with Crippen LogP contribution in [-0.4, -0.2) is 35.6 Å². The van der Waals surface area contributed by atoms with E-state index in [0.29, 0.717) is 22.9 Å². The van der Waals surface area contributed by atoms with Crippen LogP contribution in [0.4, 0.5) is 5.69 Å². The molecule has 0 unspecified atom stereocenters. The molecule has 180 valence electrons. The molecule has 2 saturated heterocycles. The van der Waals surface area contributed by atoms with Crippen LogP contribution >= 0.6 is 11.6 Å². The number of fused-ring (bicyclic) bond motifs is 3. The maximum atomic E-state index is 14.0. The summed E-state index contributed by atoms with van der Waals surface area (Å²) in [6.07, 6.45) is -1.00. The molecule has 3 atom stereocenters. The highest BCUT2D eigenvalue weighted by Gasteiger charge is 2.74. The van der Waals surface area contributed by atoms with Crippen LogP contribution < -0.4 is 9.64 Å². The summed E-state index contributed by atoms with van der Waals surface area (Å²) in [4.78, 5) is 56.6. The van der Waals surface area contributed by atoms with E-state index >= 15 is 0 Å².